The predicted octanol–water partition coefficient (Wildman–Crippen LogP) is 2.73. The molecule has 13 heavy (non-hydrogen) atoms. The van der Waals surface area contributed by atoms with Gasteiger partial charge in [-0.05, 0) is 24.5 Å². The number of ether oxygens (including phenoxy) is 1. The fraction of sp³-hybridized carbons (Fsp3) is 0.200. The summed E-state index contributed by atoms with van der Waals surface area (Å²) in [5, 5.41) is 9.40. The van der Waals surface area contributed by atoms with Crippen molar-refractivity contribution in [2.24, 2.45) is 0 Å². The van der Waals surface area contributed by atoms with Gasteiger partial charge in [-0.1, -0.05) is 6.58 Å². The maximum absolute atomic E-state index is 9.40. The molecule has 1 rings (SSSR count). The average molecular weight is 196 g/mol. The van der Waals surface area contributed by atoms with E-state index in [1.807, 2.05) is 12.3 Å². The number of phenolic OH excluding ortho intramolecular Hbond substituents is 1. The van der Waals surface area contributed by atoms with Crippen molar-refractivity contribution in [2.45, 2.75) is 4.90 Å². The Hall–Kier alpha value is -1.09. The number of hydrogen-bond donors (Lipinski definition) is 1. The molecule has 0 fully saturated rings. The Bertz CT molecular complexity index is 321. The fourth-order valence-electron chi connectivity index (χ4n) is 0.969. The Balaban J connectivity index is 3.06. The quantitative estimate of drug-likeness (QED) is 0.595. The SMILES string of the molecule is C=C(OC)c1ccc(O)c(SC)c1. The van der Waals surface area contributed by atoms with E-state index >= 15 is 0 Å². The maximum atomic E-state index is 9.40. The van der Waals surface area contributed by atoms with Crippen molar-refractivity contribution in [3.05, 3.63) is 30.3 Å². The van der Waals surface area contributed by atoms with Gasteiger partial charge < -0.3 is 9.84 Å². The molecule has 3 heteroatoms. The van der Waals surface area contributed by atoms with Crippen LogP contribution in [0.2, 0.25) is 0 Å². The minimum absolute atomic E-state index is 0.292. The van der Waals surface area contributed by atoms with Crippen LogP contribution in [-0.4, -0.2) is 18.5 Å². The number of rotatable bonds is 3. The predicted molar refractivity (Wildman–Crippen MR) is 55.9 cm³/mol. The summed E-state index contributed by atoms with van der Waals surface area (Å²) >= 11 is 1.49. The van der Waals surface area contributed by atoms with Crippen LogP contribution in [0.3, 0.4) is 0 Å². The third-order valence-corrected chi connectivity index (χ3v) is 2.51. The van der Waals surface area contributed by atoms with Gasteiger partial charge in [0.15, 0.2) is 0 Å². The van der Waals surface area contributed by atoms with Crippen LogP contribution in [0.25, 0.3) is 5.76 Å². The smallest absolute Gasteiger partial charge is 0.129 e. The topological polar surface area (TPSA) is 29.5 Å². The molecule has 0 amide bonds. The lowest BCUT2D eigenvalue weighted by Crippen LogP contribution is -1.85. The molecular formula is C10H12O2S. The van der Waals surface area contributed by atoms with Crippen LogP contribution in [-0.2, 0) is 4.74 Å². The van der Waals surface area contributed by atoms with Crippen LogP contribution in [0, 0.1) is 0 Å². The molecule has 0 heterocycles. The molecule has 0 bridgehead atoms. The molecule has 0 aliphatic rings. The molecule has 70 valence electrons. The summed E-state index contributed by atoms with van der Waals surface area (Å²) < 4.78 is 4.99. The third-order valence-electron chi connectivity index (χ3n) is 1.75. The number of hydrogen-bond acceptors (Lipinski definition) is 3. The first kappa shape index (κ1) is 9.99. The van der Waals surface area contributed by atoms with E-state index in [9.17, 15) is 5.11 Å². The zero-order chi connectivity index (χ0) is 9.84. The summed E-state index contributed by atoms with van der Waals surface area (Å²) in [5.41, 5.74) is 0.893. The molecule has 1 aromatic carbocycles. The lowest BCUT2D eigenvalue weighted by Gasteiger charge is -2.06. The molecule has 0 radical (unpaired) electrons. The van der Waals surface area contributed by atoms with Gasteiger partial charge in [0.2, 0.25) is 0 Å². The third kappa shape index (κ3) is 2.18. The van der Waals surface area contributed by atoms with Gasteiger partial charge in [-0.2, -0.15) is 0 Å². The van der Waals surface area contributed by atoms with Crippen molar-refractivity contribution in [1.29, 1.82) is 0 Å². The molecule has 2 nitrogen and oxygen atoms in total. The summed E-state index contributed by atoms with van der Waals surface area (Å²) in [5.74, 6) is 0.899. The van der Waals surface area contributed by atoms with Gasteiger partial charge in [-0.3, -0.25) is 0 Å². The molecule has 0 unspecified atom stereocenters. The Kier molecular flexibility index (Phi) is 3.25. The lowest BCUT2D eigenvalue weighted by molar-refractivity contribution is 0.371. The minimum atomic E-state index is 0.292. The fourth-order valence-corrected chi connectivity index (χ4v) is 1.49. The van der Waals surface area contributed by atoms with E-state index in [0.717, 1.165) is 10.5 Å². The van der Waals surface area contributed by atoms with Gasteiger partial charge in [0.25, 0.3) is 0 Å². The van der Waals surface area contributed by atoms with Gasteiger partial charge in [-0.15, -0.1) is 11.8 Å². The van der Waals surface area contributed by atoms with Crippen LogP contribution < -0.4 is 0 Å². The zero-order valence-corrected chi connectivity index (χ0v) is 8.52. The summed E-state index contributed by atoms with van der Waals surface area (Å²) in [6.45, 7) is 3.74. The van der Waals surface area contributed by atoms with E-state index in [1.54, 1.807) is 19.2 Å². The van der Waals surface area contributed by atoms with Crippen LogP contribution in [0.4, 0.5) is 0 Å². The summed E-state index contributed by atoms with van der Waals surface area (Å²) in [6.07, 6.45) is 1.91. The number of phenols is 1. The highest BCUT2D eigenvalue weighted by Crippen LogP contribution is 2.29. The van der Waals surface area contributed by atoms with Gasteiger partial charge in [-0.25, -0.2) is 0 Å². The normalized spacial score (nSPS) is 9.69. The second-order valence-electron chi connectivity index (χ2n) is 2.51. The number of aromatic hydroxyl groups is 1. The van der Waals surface area contributed by atoms with E-state index in [4.69, 9.17) is 4.74 Å². The monoisotopic (exact) mass is 196 g/mol. The molecule has 0 saturated carbocycles. The summed E-state index contributed by atoms with van der Waals surface area (Å²) in [6, 6.07) is 5.28. The van der Waals surface area contributed by atoms with E-state index in [0.29, 0.717) is 11.5 Å². The Morgan fingerprint density at radius 3 is 2.77 bits per heavy atom. The van der Waals surface area contributed by atoms with Gasteiger partial charge in [0, 0.05) is 10.5 Å². The second kappa shape index (κ2) is 4.23. The van der Waals surface area contributed by atoms with Crippen molar-refractivity contribution in [1.82, 2.24) is 0 Å². The first-order valence-electron chi connectivity index (χ1n) is 3.79. The molecular weight excluding hydrogens is 184 g/mol. The standard InChI is InChI=1S/C10H12O2S/c1-7(12-2)8-4-5-9(11)10(6-8)13-3/h4-6,11H,1H2,2-3H3. The Morgan fingerprint density at radius 2 is 2.23 bits per heavy atom. The zero-order valence-electron chi connectivity index (χ0n) is 7.70. The van der Waals surface area contributed by atoms with Gasteiger partial charge in [0.05, 0.1) is 7.11 Å². The number of thioether (sulfide) groups is 1. The van der Waals surface area contributed by atoms with Crippen LogP contribution in [0.5, 0.6) is 5.75 Å². The van der Waals surface area contributed by atoms with Crippen molar-refractivity contribution in [3.8, 4) is 5.75 Å². The van der Waals surface area contributed by atoms with Crippen molar-refractivity contribution < 1.29 is 9.84 Å². The molecule has 0 aliphatic carbocycles. The van der Waals surface area contributed by atoms with Gasteiger partial charge >= 0.3 is 0 Å². The molecule has 0 aromatic heterocycles. The number of benzene rings is 1. The molecule has 0 atom stereocenters. The van der Waals surface area contributed by atoms with Crippen LogP contribution in [0.1, 0.15) is 5.56 Å². The van der Waals surface area contributed by atoms with Gasteiger partial charge in [0.1, 0.15) is 11.5 Å². The molecule has 0 saturated heterocycles. The second-order valence-corrected chi connectivity index (χ2v) is 3.36. The lowest BCUT2D eigenvalue weighted by atomic mass is 10.2. The Labute approximate surface area is 82.2 Å². The van der Waals surface area contributed by atoms with E-state index in [1.165, 1.54) is 11.8 Å². The van der Waals surface area contributed by atoms with Crippen LogP contribution in [0.15, 0.2) is 29.7 Å². The first-order valence-corrected chi connectivity index (χ1v) is 5.01. The highest BCUT2D eigenvalue weighted by Gasteiger charge is 2.03. The largest absolute Gasteiger partial charge is 0.507 e. The highest BCUT2D eigenvalue weighted by atomic mass is 32.2. The highest BCUT2D eigenvalue weighted by molar-refractivity contribution is 7.98. The van der Waals surface area contributed by atoms with E-state index in [-0.39, 0.29) is 0 Å². The van der Waals surface area contributed by atoms with Crippen molar-refractivity contribution in [2.75, 3.05) is 13.4 Å². The van der Waals surface area contributed by atoms with E-state index < -0.39 is 0 Å². The van der Waals surface area contributed by atoms with Crippen molar-refractivity contribution >= 4 is 17.5 Å². The minimum Gasteiger partial charge on any atom is -0.507 e. The average Bonchev–Trinajstić information content (AvgIpc) is 2.17. The maximum Gasteiger partial charge on any atom is 0.129 e. The Morgan fingerprint density at radius 1 is 1.54 bits per heavy atom. The summed E-state index contributed by atoms with van der Waals surface area (Å²) in [4.78, 5) is 0.829. The van der Waals surface area contributed by atoms with Crippen LogP contribution >= 0.6 is 11.8 Å². The van der Waals surface area contributed by atoms with Crippen molar-refractivity contribution in [3.63, 3.8) is 0 Å². The molecule has 1 aromatic rings. The van der Waals surface area contributed by atoms with E-state index in [2.05, 4.69) is 6.58 Å². The summed E-state index contributed by atoms with van der Waals surface area (Å²) in [7, 11) is 1.58. The molecule has 0 spiro atoms. The molecule has 0 aliphatic heterocycles. The molecule has 1 N–H and O–H groups in total. The number of methoxy groups -OCH3 is 1. The first-order chi connectivity index (χ1) is 6.19.